The van der Waals surface area contributed by atoms with Crippen molar-refractivity contribution >= 4 is 30.1 Å². The van der Waals surface area contributed by atoms with Crippen molar-refractivity contribution < 1.29 is 4.79 Å². The minimum Gasteiger partial charge on any atom is -0.352 e. The molecule has 0 saturated carbocycles. The van der Waals surface area contributed by atoms with Crippen molar-refractivity contribution in [3.05, 3.63) is 0 Å². The summed E-state index contributed by atoms with van der Waals surface area (Å²) < 4.78 is 0. The molecule has 2 atom stereocenters. The average Bonchev–Trinajstić information content (AvgIpc) is 2.18. The molecular formula is C11H25ClN2OS. The summed E-state index contributed by atoms with van der Waals surface area (Å²) in [6, 6.07) is -0.101. The maximum atomic E-state index is 11.5. The average molecular weight is 269 g/mol. The van der Waals surface area contributed by atoms with E-state index in [1.807, 2.05) is 25.6 Å². The molecule has 0 fully saturated rings. The SMILES string of the molecule is CCCC(N)C(=O)NC(C)CCSCC.Cl. The van der Waals surface area contributed by atoms with E-state index >= 15 is 0 Å². The number of halogens is 1. The Morgan fingerprint density at radius 1 is 1.38 bits per heavy atom. The van der Waals surface area contributed by atoms with Gasteiger partial charge in [0.15, 0.2) is 0 Å². The van der Waals surface area contributed by atoms with E-state index in [4.69, 9.17) is 5.73 Å². The van der Waals surface area contributed by atoms with Gasteiger partial charge in [-0.3, -0.25) is 4.79 Å². The largest absolute Gasteiger partial charge is 0.352 e. The minimum atomic E-state index is -0.337. The smallest absolute Gasteiger partial charge is 0.237 e. The van der Waals surface area contributed by atoms with Crippen LogP contribution in [0.2, 0.25) is 0 Å². The first-order valence-corrected chi connectivity index (χ1v) is 6.90. The van der Waals surface area contributed by atoms with Crippen molar-refractivity contribution in [3.63, 3.8) is 0 Å². The number of nitrogens with one attached hydrogen (secondary N) is 1. The summed E-state index contributed by atoms with van der Waals surface area (Å²) in [5.74, 6) is 2.22. The standard InChI is InChI=1S/C11H24N2OS.ClH/c1-4-6-10(12)11(14)13-9(3)7-8-15-5-2;/h9-10H,4-8,12H2,1-3H3,(H,13,14);1H. The molecule has 0 aliphatic rings. The van der Waals surface area contributed by atoms with Crippen LogP contribution in [-0.2, 0) is 4.79 Å². The molecule has 3 nitrogen and oxygen atoms in total. The Morgan fingerprint density at radius 2 is 2.00 bits per heavy atom. The Kier molecular flexibility index (Phi) is 13.3. The molecule has 98 valence electrons. The summed E-state index contributed by atoms with van der Waals surface area (Å²) in [4.78, 5) is 11.5. The molecule has 0 bridgehead atoms. The summed E-state index contributed by atoms with van der Waals surface area (Å²) in [5, 5.41) is 2.95. The molecular weight excluding hydrogens is 244 g/mol. The maximum Gasteiger partial charge on any atom is 0.237 e. The van der Waals surface area contributed by atoms with Crippen molar-refractivity contribution in [2.45, 2.75) is 52.1 Å². The van der Waals surface area contributed by atoms with Crippen LogP contribution in [0.5, 0.6) is 0 Å². The zero-order chi connectivity index (χ0) is 11.7. The molecule has 0 heterocycles. The van der Waals surface area contributed by atoms with Crippen LogP contribution in [-0.4, -0.2) is 29.5 Å². The summed E-state index contributed by atoms with van der Waals surface area (Å²) >= 11 is 1.90. The zero-order valence-electron chi connectivity index (χ0n) is 10.5. The van der Waals surface area contributed by atoms with Gasteiger partial charge in [0.1, 0.15) is 0 Å². The Bertz CT molecular complexity index is 181. The third kappa shape index (κ3) is 9.31. The molecule has 0 aliphatic heterocycles. The summed E-state index contributed by atoms with van der Waals surface area (Å²) in [6.45, 7) is 6.21. The van der Waals surface area contributed by atoms with Gasteiger partial charge >= 0.3 is 0 Å². The lowest BCUT2D eigenvalue weighted by molar-refractivity contribution is -0.123. The highest BCUT2D eigenvalue weighted by Crippen LogP contribution is 2.04. The predicted molar refractivity (Wildman–Crippen MR) is 75.4 cm³/mol. The Labute approximate surface area is 110 Å². The highest BCUT2D eigenvalue weighted by molar-refractivity contribution is 7.99. The fourth-order valence-electron chi connectivity index (χ4n) is 1.27. The van der Waals surface area contributed by atoms with Crippen molar-refractivity contribution in [3.8, 4) is 0 Å². The van der Waals surface area contributed by atoms with Crippen LogP contribution in [0.15, 0.2) is 0 Å². The van der Waals surface area contributed by atoms with E-state index in [-0.39, 0.29) is 30.4 Å². The second kappa shape index (κ2) is 11.6. The van der Waals surface area contributed by atoms with E-state index in [2.05, 4.69) is 12.2 Å². The van der Waals surface area contributed by atoms with E-state index in [9.17, 15) is 4.79 Å². The van der Waals surface area contributed by atoms with Crippen LogP contribution in [0.3, 0.4) is 0 Å². The highest BCUT2D eigenvalue weighted by atomic mass is 35.5. The number of thioether (sulfide) groups is 1. The van der Waals surface area contributed by atoms with Gasteiger partial charge in [0, 0.05) is 6.04 Å². The van der Waals surface area contributed by atoms with E-state index < -0.39 is 0 Å². The molecule has 0 aromatic heterocycles. The molecule has 16 heavy (non-hydrogen) atoms. The summed E-state index contributed by atoms with van der Waals surface area (Å²) in [7, 11) is 0. The maximum absolute atomic E-state index is 11.5. The van der Waals surface area contributed by atoms with Gasteiger partial charge in [0.25, 0.3) is 0 Å². The van der Waals surface area contributed by atoms with Crippen molar-refractivity contribution in [2.75, 3.05) is 11.5 Å². The third-order valence-electron chi connectivity index (χ3n) is 2.22. The molecule has 2 unspecified atom stereocenters. The molecule has 0 saturated heterocycles. The number of hydrogen-bond donors (Lipinski definition) is 2. The lowest BCUT2D eigenvalue weighted by Gasteiger charge is -2.16. The predicted octanol–water partition coefficient (Wildman–Crippen LogP) is 2.18. The van der Waals surface area contributed by atoms with E-state index in [1.165, 1.54) is 0 Å². The summed E-state index contributed by atoms with van der Waals surface area (Å²) in [6.07, 6.45) is 2.74. The highest BCUT2D eigenvalue weighted by Gasteiger charge is 2.14. The Morgan fingerprint density at radius 3 is 2.50 bits per heavy atom. The molecule has 0 aromatic rings. The van der Waals surface area contributed by atoms with Gasteiger partial charge in [-0.15, -0.1) is 12.4 Å². The number of nitrogens with two attached hydrogens (primary N) is 1. The van der Waals surface area contributed by atoms with Gasteiger partial charge in [-0.25, -0.2) is 0 Å². The normalized spacial score (nSPS) is 13.8. The van der Waals surface area contributed by atoms with Gasteiger partial charge in [-0.1, -0.05) is 20.3 Å². The topological polar surface area (TPSA) is 55.1 Å². The van der Waals surface area contributed by atoms with Crippen LogP contribution in [0.25, 0.3) is 0 Å². The second-order valence-electron chi connectivity index (χ2n) is 3.79. The number of hydrogen-bond acceptors (Lipinski definition) is 3. The first-order valence-electron chi connectivity index (χ1n) is 5.75. The fourth-order valence-corrected chi connectivity index (χ4v) is 2.08. The monoisotopic (exact) mass is 268 g/mol. The Hall–Kier alpha value is 0.0700. The second-order valence-corrected chi connectivity index (χ2v) is 5.18. The molecule has 0 radical (unpaired) electrons. The van der Waals surface area contributed by atoms with Gasteiger partial charge in [-0.2, -0.15) is 11.8 Å². The molecule has 3 N–H and O–H groups in total. The van der Waals surface area contributed by atoms with Gasteiger partial charge in [0.05, 0.1) is 6.04 Å². The fraction of sp³-hybridized carbons (Fsp3) is 0.909. The summed E-state index contributed by atoms with van der Waals surface area (Å²) in [5.41, 5.74) is 5.71. The molecule has 1 amide bonds. The first kappa shape index (κ1) is 18.4. The quantitative estimate of drug-likeness (QED) is 0.664. The Balaban J connectivity index is 0. The number of carbonyl (C=O) groups excluding carboxylic acids is 1. The van der Waals surface area contributed by atoms with Crippen LogP contribution in [0.1, 0.15) is 40.0 Å². The molecule has 0 aromatic carbocycles. The number of carbonyl (C=O) groups is 1. The number of rotatable bonds is 8. The van der Waals surface area contributed by atoms with Gasteiger partial charge in [-0.05, 0) is 31.3 Å². The van der Waals surface area contributed by atoms with E-state index in [1.54, 1.807) is 0 Å². The third-order valence-corrected chi connectivity index (χ3v) is 3.16. The minimum absolute atomic E-state index is 0. The van der Waals surface area contributed by atoms with E-state index in [0.29, 0.717) is 0 Å². The van der Waals surface area contributed by atoms with E-state index in [0.717, 1.165) is 30.8 Å². The van der Waals surface area contributed by atoms with Crippen molar-refractivity contribution in [2.24, 2.45) is 5.73 Å². The van der Waals surface area contributed by atoms with Crippen LogP contribution >= 0.6 is 24.2 Å². The van der Waals surface area contributed by atoms with Crippen molar-refractivity contribution in [1.82, 2.24) is 5.32 Å². The lowest BCUT2D eigenvalue weighted by atomic mass is 10.1. The number of amides is 1. The van der Waals surface area contributed by atoms with Crippen LogP contribution in [0.4, 0.5) is 0 Å². The van der Waals surface area contributed by atoms with Crippen LogP contribution in [0, 0.1) is 0 Å². The van der Waals surface area contributed by atoms with Crippen molar-refractivity contribution in [1.29, 1.82) is 0 Å². The van der Waals surface area contributed by atoms with Crippen LogP contribution < -0.4 is 11.1 Å². The first-order chi connectivity index (χ1) is 7.11. The lowest BCUT2D eigenvalue weighted by Crippen LogP contribution is -2.44. The zero-order valence-corrected chi connectivity index (χ0v) is 12.1. The molecule has 0 spiro atoms. The molecule has 0 aliphatic carbocycles. The molecule has 5 heteroatoms. The molecule has 0 rings (SSSR count). The van der Waals surface area contributed by atoms with Gasteiger partial charge < -0.3 is 11.1 Å². The van der Waals surface area contributed by atoms with Gasteiger partial charge in [0.2, 0.25) is 5.91 Å².